The Labute approximate surface area is 129 Å². The summed E-state index contributed by atoms with van der Waals surface area (Å²) in [6.45, 7) is 6.39. The number of hydrogen-bond acceptors (Lipinski definition) is 6. The van der Waals surface area contributed by atoms with Crippen LogP contribution in [0.5, 0.6) is 0 Å². The number of hydrogen-bond donors (Lipinski definition) is 0. The number of methoxy groups -OCH3 is 2. The molecule has 0 N–H and O–H groups in total. The van der Waals surface area contributed by atoms with Gasteiger partial charge in [0.15, 0.2) is 5.41 Å². The van der Waals surface area contributed by atoms with Crippen LogP contribution < -0.4 is 0 Å². The second kappa shape index (κ2) is 5.14. The van der Waals surface area contributed by atoms with Gasteiger partial charge in [0.1, 0.15) is 5.60 Å². The summed E-state index contributed by atoms with van der Waals surface area (Å²) in [5.74, 6) is -1.14. The zero-order valence-electron chi connectivity index (χ0n) is 13.7. The second-order valence-corrected chi connectivity index (χ2v) is 7.26. The summed E-state index contributed by atoms with van der Waals surface area (Å²) >= 11 is 0. The van der Waals surface area contributed by atoms with Gasteiger partial charge in [-0.1, -0.05) is 0 Å². The van der Waals surface area contributed by atoms with Gasteiger partial charge < -0.3 is 19.1 Å². The van der Waals surface area contributed by atoms with Crippen LogP contribution in [0.3, 0.4) is 0 Å². The monoisotopic (exact) mass is 313 g/mol. The molecule has 1 aliphatic carbocycles. The largest absolute Gasteiger partial charge is 0.468 e. The molecule has 1 spiro atoms. The molecule has 22 heavy (non-hydrogen) atoms. The van der Waals surface area contributed by atoms with E-state index in [2.05, 4.69) is 0 Å². The van der Waals surface area contributed by atoms with Gasteiger partial charge in [0.05, 0.1) is 14.2 Å². The van der Waals surface area contributed by atoms with Gasteiger partial charge in [0.25, 0.3) is 0 Å². The lowest BCUT2D eigenvalue weighted by atomic mass is 9.49. The van der Waals surface area contributed by atoms with Crippen LogP contribution in [0.2, 0.25) is 0 Å². The topological polar surface area (TPSA) is 82.1 Å². The predicted octanol–water partition coefficient (Wildman–Crippen LogP) is 1.35. The van der Waals surface area contributed by atoms with Crippen molar-refractivity contribution in [2.45, 2.75) is 39.2 Å². The summed E-state index contributed by atoms with van der Waals surface area (Å²) in [4.78, 5) is 37.4. The van der Waals surface area contributed by atoms with Crippen LogP contribution in [0, 0.1) is 10.8 Å². The van der Waals surface area contributed by atoms with E-state index in [0.29, 0.717) is 25.9 Å². The zero-order chi connectivity index (χ0) is 16.8. The minimum atomic E-state index is -1.22. The highest BCUT2D eigenvalue weighted by molar-refractivity contribution is 6.01. The highest BCUT2D eigenvalue weighted by atomic mass is 16.6. The lowest BCUT2D eigenvalue weighted by molar-refractivity contribution is -0.201. The zero-order valence-corrected chi connectivity index (χ0v) is 13.7. The number of rotatable bonds is 2. The van der Waals surface area contributed by atoms with Gasteiger partial charge in [-0.05, 0) is 33.6 Å². The van der Waals surface area contributed by atoms with Crippen LogP contribution in [0.15, 0.2) is 0 Å². The van der Waals surface area contributed by atoms with E-state index >= 15 is 0 Å². The summed E-state index contributed by atoms with van der Waals surface area (Å²) in [6.07, 6.45) is 0.323. The molecule has 0 radical (unpaired) electrons. The summed E-state index contributed by atoms with van der Waals surface area (Å²) in [5, 5.41) is 0. The van der Waals surface area contributed by atoms with Crippen LogP contribution >= 0.6 is 0 Å². The summed E-state index contributed by atoms with van der Waals surface area (Å²) in [6, 6.07) is 0. The Hall–Kier alpha value is -1.79. The van der Waals surface area contributed by atoms with Gasteiger partial charge in [-0.2, -0.15) is 0 Å². The third-order valence-electron chi connectivity index (χ3n) is 4.21. The number of amides is 1. The van der Waals surface area contributed by atoms with Crippen molar-refractivity contribution in [3.8, 4) is 0 Å². The van der Waals surface area contributed by atoms with Gasteiger partial charge in [-0.15, -0.1) is 0 Å². The number of carbonyl (C=O) groups excluding carboxylic acids is 3. The van der Waals surface area contributed by atoms with Crippen LogP contribution in [-0.4, -0.2) is 55.8 Å². The van der Waals surface area contributed by atoms with E-state index in [-0.39, 0.29) is 11.5 Å². The van der Waals surface area contributed by atoms with E-state index in [4.69, 9.17) is 14.2 Å². The number of ether oxygens (including phenoxy) is 3. The van der Waals surface area contributed by atoms with Crippen molar-refractivity contribution in [3.05, 3.63) is 0 Å². The predicted molar refractivity (Wildman–Crippen MR) is 75.9 cm³/mol. The molecule has 0 atom stereocenters. The first-order chi connectivity index (χ1) is 10.1. The Morgan fingerprint density at radius 2 is 1.41 bits per heavy atom. The first-order valence-electron chi connectivity index (χ1n) is 7.22. The lowest BCUT2D eigenvalue weighted by Gasteiger charge is -2.61. The standard InChI is InChI=1S/C15H23NO6/c1-13(2,3)22-12(19)16-8-14(9-16)6-15(7-14,10(17)20-4)11(18)21-5/h6-9H2,1-5H3. The molecule has 0 aromatic rings. The van der Waals surface area contributed by atoms with Crippen LogP contribution in [0.1, 0.15) is 33.6 Å². The van der Waals surface area contributed by atoms with Crippen molar-refractivity contribution >= 4 is 18.0 Å². The molecule has 2 aliphatic rings. The molecule has 124 valence electrons. The Morgan fingerprint density at radius 3 is 1.77 bits per heavy atom. The molecular formula is C15H23NO6. The maximum atomic E-state index is 11.9. The van der Waals surface area contributed by atoms with Crippen molar-refractivity contribution in [1.29, 1.82) is 0 Å². The molecule has 2 rings (SSSR count). The molecule has 2 fully saturated rings. The first-order valence-corrected chi connectivity index (χ1v) is 7.22. The summed E-state index contributed by atoms with van der Waals surface area (Å²) < 4.78 is 14.8. The molecule has 0 aromatic heterocycles. The molecule has 7 heteroatoms. The van der Waals surface area contributed by atoms with Crippen molar-refractivity contribution in [2.75, 3.05) is 27.3 Å². The van der Waals surface area contributed by atoms with E-state index < -0.39 is 23.0 Å². The third kappa shape index (κ3) is 2.64. The Morgan fingerprint density at radius 1 is 0.955 bits per heavy atom. The quantitative estimate of drug-likeness (QED) is 0.435. The Balaban J connectivity index is 1.95. The van der Waals surface area contributed by atoms with E-state index in [1.165, 1.54) is 14.2 Å². The fraction of sp³-hybridized carbons (Fsp3) is 0.800. The van der Waals surface area contributed by atoms with E-state index in [1.807, 2.05) is 20.8 Å². The average molecular weight is 313 g/mol. The maximum Gasteiger partial charge on any atom is 0.410 e. The molecule has 1 heterocycles. The highest BCUT2D eigenvalue weighted by Gasteiger charge is 2.69. The van der Waals surface area contributed by atoms with Gasteiger partial charge in [0.2, 0.25) is 0 Å². The number of esters is 2. The Bertz CT molecular complexity index is 475. The molecule has 1 aliphatic heterocycles. The van der Waals surface area contributed by atoms with Crippen molar-refractivity contribution in [3.63, 3.8) is 0 Å². The molecule has 0 unspecified atom stereocenters. The van der Waals surface area contributed by atoms with E-state index in [9.17, 15) is 14.4 Å². The van der Waals surface area contributed by atoms with Gasteiger partial charge in [-0.3, -0.25) is 9.59 Å². The molecule has 7 nitrogen and oxygen atoms in total. The van der Waals surface area contributed by atoms with Crippen molar-refractivity contribution < 1.29 is 28.6 Å². The average Bonchev–Trinajstić information content (AvgIpc) is 2.32. The highest BCUT2D eigenvalue weighted by Crippen LogP contribution is 2.60. The van der Waals surface area contributed by atoms with E-state index in [1.54, 1.807) is 4.90 Å². The number of nitrogens with zero attached hydrogens (tertiary/aromatic N) is 1. The van der Waals surface area contributed by atoms with Crippen LogP contribution in [0.25, 0.3) is 0 Å². The summed E-state index contributed by atoms with van der Waals surface area (Å²) in [5.41, 5.74) is -1.97. The lowest BCUT2D eigenvalue weighted by Crippen LogP contribution is -2.70. The van der Waals surface area contributed by atoms with Gasteiger partial charge in [0, 0.05) is 18.5 Å². The fourth-order valence-electron chi connectivity index (χ4n) is 3.43. The maximum absolute atomic E-state index is 11.9. The minimum Gasteiger partial charge on any atom is -0.468 e. The fourth-order valence-corrected chi connectivity index (χ4v) is 3.43. The molecular weight excluding hydrogens is 290 g/mol. The molecule has 1 saturated heterocycles. The van der Waals surface area contributed by atoms with Gasteiger partial charge in [-0.25, -0.2) is 4.79 Å². The van der Waals surface area contributed by atoms with Crippen LogP contribution in [0.4, 0.5) is 4.79 Å². The SMILES string of the molecule is COC(=O)C1(C(=O)OC)CC2(CN(C(=O)OC(C)(C)C)C2)C1. The second-order valence-electron chi connectivity index (χ2n) is 7.26. The smallest absolute Gasteiger partial charge is 0.410 e. The molecule has 0 bridgehead atoms. The van der Waals surface area contributed by atoms with Gasteiger partial charge >= 0.3 is 18.0 Å². The van der Waals surface area contributed by atoms with E-state index in [0.717, 1.165) is 0 Å². The van der Waals surface area contributed by atoms with Crippen molar-refractivity contribution in [1.82, 2.24) is 4.90 Å². The van der Waals surface area contributed by atoms with Crippen LogP contribution in [-0.2, 0) is 23.8 Å². The molecule has 1 amide bonds. The molecule has 0 aromatic carbocycles. The Kier molecular flexibility index (Phi) is 3.87. The third-order valence-corrected chi connectivity index (χ3v) is 4.21. The van der Waals surface area contributed by atoms with Crippen molar-refractivity contribution in [2.24, 2.45) is 10.8 Å². The summed E-state index contributed by atoms with van der Waals surface area (Å²) in [7, 11) is 2.51. The normalized spacial score (nSPS) is 21.4. The first kappa shape index (κ1) is 16.6. The number of likely N-dealkylation sites (tertiary alicyclic amines) is 1. The molecule has 1 saturated carbocycles. The minimum absolute atomic E-state index is 0.209. The number of carbonyl (C=O) groups is 3.